The first-order valence-electron chi connectivity index (χ1n) is 11.5. The Morgan fingerprint density at radius 3 is 2.00 bits per heavy atom. The molecule has 37 heavy (non-hydrogen) atoms. The van der Waals surface area contributed by atoms with E-state index in [-0.39, 0.29) is 0 Å². The number of rotatable bonds is 7. The molecule has 184 valence electrons. The number of hydrogen-bond acceptors (Lipinski definition) is 6. The zero-order valence-corrected chi connectivity index (χ0v) is 20.2. The van der Waals surface area contributed by atoms with Gasteiger partial charge in [-0.15, -0.1) is 0 Å². The van der Waals surface area contributed by atoms with Crippen molar-refractivity contribution in [2.24, 2.45) is 0 Å². The second-order valence-electron chi connectivity index (χ2n) is 8.37. The summed E-state index contributed by atoms with van der Waals surface area (Å²) < 4.78 is 17.1. The molecular weight excluding hydrogens is 470 g/mol. The van der Waals surface area contributed by atoms with Crippen LogP contribution in [0.15, 0.2) is 84.9 Å². The first-order chi connectivity index (χ1) is 18.1. The van der Waals surface area contributed by atoms with E-state index in [0.29, 0.717) is 46.6 Å². The van der Waals surface area contributed by atoms with Crippen LogP contribution in [0.1, 0.15) is 37.9 Å². The third-order valence-electron chi connectivity index (χ3n) is 6.36. The van der Waals surface area contributed by atoms with Gasteiger partial charge < -0.3 is 14.2 Å². The Labute approximate surface area is 213 Å². The van der Waals surface area contributed by atoms with Crippen LogP contribution in [0.5, 0.6) is 11.5 Å². The number of methoxy groups -OCH3 is 2. The Kier molecular flexibility index (Phi) is 6.43. The molecule has 0 aromatic heterocycles. The predicted molar refractivity (Wildman–Crippen MR) is 139 cm³/mol. The normalized spacial score (nSPS) is 11.7. The van der Waals surface area contributed by atoms with Gasteiger partial charge in [-0.1, -0.05) is 48.5 Å². The maximum absolute atomic E-state index is 14.0. The van der Waals surface area contributed by atoms with Gasteiger partial charge in [-0.3, -0.25) is 9.59 Å². The van der Waals surface area contributed by atoms with Crippen LogP contribution in [0.25, 0.3) is 11.1 Å². The molecule has 0 fully saturated rings. The van der Waals surface area contributed by atoms with Crippen molar-refractivity contribution in [2.45, 2.75) is 6.10 Å². The molecule has 0 spiro atoms. The molecule has 0 unspecified atom stereocenters. The van der Waals surface area contributed by atoms with E-state index in [2.05, 4.69) is 0 Å². The molecule has 0 bridgehead atoms. The summed E-state index contributed by atoms with van der Waals surface area (Å²) in [5.41, 5.74) is 5.26. The zero-order chi connectivity index (χ0) is 25.9. The Morgan fingerprint density at radius 2 is 1.41 bits per heavy atom. The fraction of sp³-hybridized carbons (Fsp3) is 0.100. The van der Waals surface area contributed by atoms with Crippen LogP contribution in [0, 0.1) is 0 Å². The van der Waals surface area contributed by atoms with Crippen molar-refractivity contribution in [3.63, 3.8) is 0 Å². The summed E-state index contributed by atoms with van der Waals surface area (Å²) in [7, 11) is 2.90. The molecule has 1 amide bonds. The van der Waals surface area contributed by atoms with E-state index < -0.39 is 12.2 Å². The van der Waals surface area contributed by atoms with E-state index in [1.807, 2.05) is 48.5 Å². The molecule has 0 heterocycles. The van der Waals surface area contributed by atoms with Gasteiger partial charge in [0.15, 0.2) is 12.4 Å². The smallest absolute Gasteiger partial charge is 0.420 e. The van der Waals surface area contributed by atoms with Gasteiger partial charge in [0.25, 0.3) is 0 Å². The number of benzene rings is 4. The highest BCUT2D eigenvalue weighted by Gasteiger charge is 2.34. The molecule has 0 radical (unpaired) electrons. The lowest BCUT2D eigenvalue weighted by Gasteiger charge is -2.27. The third-order valence-corrected chi connectivity index (χ3v) is 6.36. The van der Waals surface area contributed by atoms with E-state index >= 15 is 0 Å². The van der Waals surface area contributed by atoms with Crippen molar-refractivity contribution in [1.82, 2.24) is 0 Å². The molecule has 7 heteroatoms. The maximum Gasteiger partial charge on any atom is 0.420 e. The number of nitrogens with zero attached hydrogens (tertiary/aromatic N) is 1. The SMILES string of the molecule is COc1cc(N(C(=O)OC2c3ccccc3-c3ccccc32)c2ccc(C=O)cc2OC)ccc1C=O. The quantitative estimate of drug-likeness (QED) is 0.278. The monoisotopic (exact) mass is 493 g/mol. The number of hydrogen-bond donors (Lipinski definition) is 0. The number of ether oxygens (including phenoxy) is 3. The van der Waals surface area contributed by atoms with E-state index in [1.165, 1.54) is 19.1 Å². The number of amides is 1. The van der Waals surface area contributed by atoms with Gasteiger partial charge in [0.05, 0.1) is 31.2 Å². The van der Waals surface area contributed by atoms with Crippen LogP contribution in [0.2, 0.25) is 0 Å². The van der Waals surface area contributed by atoms with E-state index in [9.17, 15) is 14.4 Å². The number of carbonyl (C=O) groups excluding carboxylic acids is 3. The Balaban J connectivity index is 1.62. The summed E-state index contributed by atoms with van der Waals surface area (Å²) in [6, 6.07) is 25.1. The molecule has 0 saturated heterocycles. The second kappa shape index (κ2) is 9.99. The number of aldehydes is 2. The second-order valence-corrected chi connectivity index (χ2v) is 8.37. The summed E-state index contributed by atoms with van der Waals surface area (Å²) in [6.45, 7) is 0. The average Bonchev–Trinajstić information content (AvgIpc) is 3.26. The fourth-order valence-electron chi connectivity index (χ4n) is 4.62. The lowest BCUT2D eigenvalue weighted by atomic mass is 10.1. The summed E-state index contributed by atoms with van der Waals surface area (Å²) >= 11 is 0. The first-order valence-corrected chi connectivity index (χ1v) is 11.5. The Hall–Kier alpha value is -4.91. The van der Waals surface area contributed by atoms with Crippen LogP contribution >= 0.6 is 0 Å². The average molecular weight is 494 g/mol. The van der Waals surface area contributed by atoms with E-state index in [0.717, 1.165) is 22.3 Å². The highest BCUT2D eigenvalue weighted by molar-refractivity contribution is 5.99. The standard InChI is InChI=1S/C30H23NO6/c1-35-27-16-21(13-12-20(27)18-33)31(26-14-11-19(17-32)15-28(26)36-2)30(34)37-29-24-9-5-3-7-22(24)23-8-4-6-10-25(23)29/h3-18,29H,1-2H3. The molecule has 0 saturated carbocycles. The minimum absolute atomic E-state index is 0.297. The van der Waals surface area contributed by atoms with Crippen molar-refractivity contribution in [3.05, 3.63) is 107 Å². The molecule has 1 aliphatic carbocycles. The third kappa shape index (κ3) is 4.21. The number of anilines is 2. The van der Waals surface area contributed by atoms with Gasteiger partial charge in [0.2, 0.25) is 0 Å². The summed E-state index contributed by atoms with van der Waals surface area (Å²) in [6.07, 6.45) is 0.0776. The fourth-order valence-corrected chi connectivity index (χ4v) is 4.62. The molecule has 0 atom stereocenters. The number of carbonyl (C=O) groups is 3. The van der Waals surface area contributed by atoms with Gasteiger partial charge >= 0.3 is 6.09 Å². The molecular formula is C30H23NO6. The lowest BCUT2D eigenvalue weighted by Crippen LogP contribution is -2.28. The minimum Gasteiger partial charge on any atom is -0.496 e. The van der Waals surface area contributed by atoms with Gasteiger partial charge in [-0.05, 0) is 41.5 Å². The van der Waals surface area contributed by atoms with Crippen molar-refractivity contribution < 1.29 is 28.6 Å². The summed E-state index contributed by atoms with van der Waals surface area (Å²) in [4.78, 5) is 38.1. The van der Waals surface area contributed by atoms with E-state index in [1.54, 1.807) is 36.4 Å². The molecule has 4 aromatic rings. The minimum atomic E-state index is -0.672. The van der Waals surface area contributed by atoms with Gasteiger partial charge in [-0.2, -0.15) is 0 Å². The van der Waals surface area contributed by atoms with Crippen molar-refractivity contribution >= 4 is 30.0 Å². The van der Waals surface area contributed by atoms with Crippen molar-refractivity contribution in [2.75, 3.05) is 19.1 Å². The van der Waals surface area contributed by atoms with Crippen LogP contribution in [0.4, 0.5) is 16.2 Å². The largest absolute Gasteiger partial charge is 0.496 e. The van der Waals surface area contributed by atoms with Crippen LogP contribution in [-0.4, -0.2) is 32.9 Å². The predicted octanol–water partition coefficient (Wildman–Crippen LogP) is 6.37. The molecule has 5 rings (SSSR count). The Morgan fingerprint density at radius 1 is 0.757 bits per heavy atom. The van der Waals surface area contributed by atoms with Gasteiger partial charge in [-0.25, -0.2) is 9.69 Å². The van der Waals surface area contributed by atoms with Crippen LogP contribution < -0.4 is 14.4 Å². The highest BCUT2D eigenvalue weighted by atomic mass is 16.6. The van der Waals surface area contributed by atoms with Crippen molar-refractivity contribution in [3.8, 4) is 22.6 Å². The van der Waals surface area contributed by atoms with Crippen LogP contribution in [0.3, 0.4) is 0 Å². The summed E-state index contributed by atoms with van der Waals surface area (Å²) in [5, 5.41) is 0. The van der Waals surface area contributed by atoms with Crippen molar-refractivity contribution in [1.29, 1.82) is 0 Å². The first kappa shape index (κ1) is 23.8. The summed E-state index contributed by atoms with van der Waals surface area (Å²) in [5.74, 6) is 0.595. The molecule has 0 N–H and O–H groups in total. The van der Waals surface area contributed by atoms with E-state index in [4.69, 9.17) is 14.2 Å². The highest BCUT2D eigenvalue weighted by Crippen LogP contribution is 2.46. The topological polar surface area (TPSA) is 82.1 Å². The maximum atomic E-state index is 14.0. The Bertz CT molecular complexity index is 1470. The molecule has 1 aliphatic rings. The zero-order valence-electron chi connectivity index (χ0n) is 20.2. The number of fused-ring (bicyclic) bond motifs is 3. The van der Waals surface area contributed by atoms with Gasteiger partial charge in [0.1, 0.15) is 17.8 Å². The van der Waals surface area contributed by atoms with Gasteiger partial charge in [0, 0.05) is 22.8 Å². The van der Waals surface area contributed by atoms with Crippen LogP contribution in [-0.2, 0) is 4.74 Å². The molecule has 4 aromatic carbocycles. The molecule has 7 nitrogen and oxygen atoms in total. The lowest BCUT2D eigenvalue weighted by molar-refractivity contribution is 0.111. The molecule has 0 aliphatic heterocycles.